The Morgan fingerprint density at radius 1 is 1.19 bits per heavy atom. The molecule has 0 fully saturated rings. The average Bonchev–Trinajstić information content (AvgIpc) is 3.28. The van der Waals surface area contributed by atoms with Crippen LogP contribution < -0.4 is 5.32 Å². The first-order chi connectivity index (χ1) is 13.2. The number of furan rings is 1. The van der Waals surface area contributed by atoms with Gasteiger partial charge >= 0.3 is 0 Å². The third-order valence-corrected chi connectivity index (χ3v) is 6.36. The standard InChI is InChI=1S/C19H14BrN3O2S2/c20-14-6-7-16-15(9-14)13(10-25-16)8-17(24)21-18-22-23-19(27-18)26-11-12-4-2-1-3-5-12/h1-7,9-10H,8,11H2,(H,21,22,24). The monoisotopic (exact) mass is 459 g/mol. The Kier molecular flexibility index (Phi) is 5.56. The van der Waals surface area contributed by atoms with E-state index in [1.165, 1.54) is 16.9 Å². The van der Waals surface area contributed by atoms with E-state index in [1.807, 2.05) is 36.4 Å². The van der Waals surface area contributed by atoms with Crippen molar-refractivity contribution < 1.29 is 9.21 Å². The molecule has 5 nitrogen and oxygen atoms in total. The molecule has 0 saturated heterocycles. The zero-order chi connectivity index (χ0) is 18.6. The van der Waals surface area contributed by atoms with Crippen LogP contribution in [0.15, 0.2) is 68.0 Å². The maximum Gasteiger partial charge on any atom is 0.230 e. The lowest BCUT2D eigenvalue weighted by atomic mass is 10.1. The number of hydrogen-bond donors (Lipinski definition) is 1. The minimum absolute atomic E-state index is 0.145. The number of fused-ring (bicyclic) bond motifs is 1. The molecule has 0 aliphatic heterocycles. The Labute approximate surface area is 172 Å². The van der Waals surface area contributed by atoms with Crippen molar-refractivity contribution in [2.45, 2.75) is 16.5 Å². The molecule has 0 spiro atoms. The number of rotatable bonds is 6. The summed E-state index contributed by atoms with van der Waals surface area (Å²) in [4.78, 5) is 12.4. The highest BCUT2D eigenvalue weighted by molar-refractivity contribution is 9.10. The van der Waals surface area contributed by atoms with Crippen LogP contribution in [0, 0.1) is 0 Å². The highest BCUT2D eigenvalue weighted by Crippen LogP contribution is 2.29. The molecule has 0 unspecified atom stereocenters. The van der Waals surface area contributed by atoms with Gasteiger partial charge in [-0.25, -0.2) is 0 Å². The van der Waals surface area contributed by atoms with E-state index in [4.69, 9.17) is 4.42 Å². The number of thioether (sulfide) groups is 1. The van der Waals surface area contributed by atoms with Crippen molar-refractivity contribution >= 4 is 61.0 Å². The largest absolute Gasteiger partial charge is 0.464 e. The summed E-state index contributed by atoms with van der Waals surface area (Å²) in [6, 6.07) is 15.9. The van der Waals surface area contributed by atoms with Gasteiger partial charge in [-0.15, -0.1) is 10.2 Å². The van der Waals surface area contributed by atoms with Gasteiger partial charge in [0.2, 0.25) is 11.0 Å². The van der Waals surface area contributed by atoms with Crippen LogP contribution >= 0.6 is 39.0 Å². The molecule has 2 aromatic carbocycles. The van der Waals surface area contributed by atoms with E-state index in [0.717, 1.165) is 31.1 Å². The second kappa shape index (κ2) is 8.24. The van der Waals surface area contributed by atoms with Gasteiger partial charge in [-0.1, -0.05) is 69.4 Å². The first kappa shape index (κ1) is 18.2. The van der Waals surface area contributed by atoms with E-state index in [1.54, 1.807) is 18.0 Å². The maximum absolute atomic E-state index is 12.4. The molecule has 0 radical (unpaired) electrons. The fraction of sp³-hybridized carbons (Fsp3) is 0.105. The van der Waals surface area contributed by atoms with Crippen molar-refractivity contribution in [1.29, 1.82) is 0 Å². The van der Waals surface area contributed by atoms with Gasteiger partial charge in [0.1, 0.15) is 5.58 Å². The number of anilines is 1. The van der Waals surface area contributed by atoms with Crippen LogP contribution in [0.5, 0.6) is 0 Å². The molecule has 1 N–H and O–H groups in total. The highest BCUT2D eigenvalue weighted by atomic mass is 79.9. The molecule has 1 amide bonds. The van der Waals surface area contributed by atoms with Gasteiger partial charge in [0.15, 0.2) is 4.34 Å². The quantitative estimate of drug-likeness (QED) is 0.303. The molecule has 0 aliphatic rings. The fourth-order valence-electron chi connectivity index (χ4n) is 2.57. The summed E-state index contributed by atoms with van der Waals surface area (Å²) < 4.78 is 7.28. The van der Waals surface area contributed by atoms with Crippen LogP contribution in [0.3, 0.4) is 0 Å². The first-order valence-corrected chi connectivity index (χ1v) is 10.7. The molecular formula is C19H14BrN3O2S2. The van der Waals surface area contributed by atoms with Crippen LogP contribution in [-0.2, 0) is 17.0 Å². The summed E-state index contributed by atoms with van der Waals surface area (Å²) in [5.74, 6) is 0.674. The van der Waals surface area contributed by atoms with Crippen molar-refractivity contribution in [2.24, 2.45) is 0 Å². The van der Waals surface area contributed by atoms with Gasteiger partial charge in [0, 0.05) is 21.2 Å². The zero-order valence-electron chi connectivity index (χ0n) is 14.0. The molecule has 27 heavy (non-hydrogen) atoms. The molecule has 2 aromatic heterocycles. The number of halogens is 1. The number of carbonyl (C=O) groups excluding carboxylic acids is 1. The fourth-order valence-corrected chi connectivity index (χ4v) is 4.65. The normalized spacial score (nSPS) is 11.0. The van der Waals surface area contributed by atoms with E-state index in [-0.39, 0.29) is 12.3 Å². The van der Waals surface area contributed by atoms with Gasteiger partial charge in [0.05, 0.1) is 12.7 Å². The maximum atomic E-state index is 12.4. The van der Waals surface area contributed by atoms with Gasteiger partial charge in [-0.05, 0) is 23.8 Å². The lowest BCUT2D eigenvalue weighted by Gasteiger charge is -2.00. The molecule has 0 aliphatic carbocycles. The second-order valence-electron chi connectivity index (χ2n) is 5.77. The number of carbonyl (C=O) groups is 1. The van der Waals surface area contributed by atoms with Gasteiger partial charge in [-0.3, -0.25) is 4.79 Å². The molecule has 4 rings (SSSR count). The average molecular weight is 460 g/mol. The Balaban J connectivity index is 1.37. The third kappa shape index (κ3) is 4.58. The van der Waals surface area contributed by atoms with Crippen molar-refractivity contribution in [3.63, 3.8) is 0 Å². The molecule has 136 valence electrons. The van der Waals surface area contributed by atoms with Crippen LogP contribution in [0.4, 0.5) is 5.13 Å². The van der Waals surface area contributed by atoms with E-state index >= 15 is 0 Å². The predicted octanol–water partition coefficient (Wildman–Crippen LogP) is 5.52. The number of amides is 1. The predicted molar refractivity (Wildman–Crippen MR) is 112 cm³/mol. The SMILES string of the molecule is O=C(Cc1coc2ccc(Br)cc12)Nc1nnc(SCc2ccccc2)s1. The highest BCUT2D eigenvalue weighted by Gasteiger charge is 2.13. The summed E-state index contributed by atoms with van der Waals surface area (Å²) in [5.41, 5.74) is 2.82. The molecule has 4 aromatic rings. The van der Waals surface area contributed by atoms with Crippen molar-refractivity contribution in [1.82, 2.24) is 10.2 Å². The van der Waals surface area contributed by atoms with Crippen LogP contribution in [0.25, 0.3) is 11.0 Å². The lowest BCUT2D eigenvalue weighted by Crippen LogP contribution is -2.13. The molecular weight excluding hydrogens is 446 g/mol. The number of nitrogens with one attached hydrogen (secondary N) is 1. The topological polar surface area (TPSA) is 68.0 Å². The van der Waals surface area contributed by atoms with Crippen LogP contribution in [0.1, 0.15) is 11.1 Å². The van der Waals surface area contributed by atoms with E-state index in [2.05, 4.69) is 43.6 Å². The first-order valence-electron chi connectivity index (χ1n) is 8.13. The Bertz CT molecular complexity index is 1080. The second-order valence-corrected chi connectivity index (χ2v) is 8.89. The van der Waals surface area contributed by atoms with Gasteiger partial charge in [-0.2, -0.15) is 0 Å². The molecule has 8 heteroatoms. The third-order valence-electron chi connectivity index (χ3n) is 3.82. The molecule has 0 bridgehead atoms. The smallest absolute Gasteiger partial charge is 0.230 e. The van der Waals surface area contributed by atoms with Crippen LogP contribution in [-0.4, -0.2) is 16.1 Å². The van der Waals surface area contributed by atoms with E-state index < -0.39 is 0 Å². The minimum Gasteiger partial charge on any atom is -0.464 e. The number of hydrogen-bond acceptors (Lipinski definition) is 6. The Hall–Kier alpha value is -2.16. The summed E-state index contributed by atoms with van der Waals surface area (Å²) in [5, 5.41) is 12.4. The van der Waals surface area contributed by atoms with Gasteiger partial charge < -0.3 is 9.73 Å². The Morgan fingerprint density at radius 3 is 2.89 bits per heavy atom. The molecule has 0 atom stereocenters. The van der Waals surface area contributed by atoms with Gasteiger partial charge in [0.25, 0.3) is 0 Å². The van der Waals surface area contributed by atoms with Crippen molar-refractivity contribution in [3.8, 4) is 0 Å². The summed E-state index contributed by atoms with van der Waals surface area (Å²) in [6.45, 7) is 0. The van der Waals surface area contributed by atoms with E-state index in [9.17, 15) is 4.79 Å². The zero-order valence-corrected chi connectivity index (χ0v) is 17.2. The number of benzene rings is 2. The molecule has 2 heterocycles. The Morgan fingerprint density at radius 2 is 2.04 bits per heavy atom. The summed E-state index contributed by atoms with van der Waals surface area (Å²) in [7, 11) is 0. The molecule has 0 saturated carbocycles. The number of aromatic nitrogens is 2. The summed E-state index contributed by atoms with van der Waals surface area (Å²) in [6.07, 6.45) is 1.84. The van der Waals surface area contributed by atoms with E-state index in [0.29, 0.717) is 5.13 Å². The minimum atomic E-state index is -0.145. The lowest BCUT2D eigenvalue weighted by molar-refractivity contribution is -0.115. The summed E-state index contributed by atoms with van der Waals surface area (Å²) >= 11 is 6.43. The number of nitrogens with zero attached hydrogens (tertiary/aromatic N) is 2. The van der Waals surface area contributed by atoms with Crippen molar-refractivity contribution in [2.75, 3.05) is 5.32 Å². The van der Waals surface area contributed by atoms with Crippen LogP contribution in [0.2, 0.25) is 0 Å². The van der Waals surface area contributed by atoms with Crippen molar-refractivity contribution in [3.05, 3.63) is 70.4 Å².